The number of nitrogens with zero attached hydrogens (tertiary/aromatic N) is 1. The largest absolute Gasteiger partial charge is 0.462 e. The molecule has 142 valence electrons. The SMILES string of the molecule is CCOC(=O)c1c(NC(=O)c2ccnc(NC(C)=O)c2)oc(C)c1C(C)=O. The van der Waals surface area contributed by atoms with Crippen LogP contribution in [0.1, 0.15) is 57.6 Å². The number of carbonyl (C=O) groups excluding carboxylic acids is 4. The number of nitrogens with one attached hydrogen (secondary N) is 2. The number of furan rings is 1. The maximum absolute atomic E-state index is 12.5. The number of hydrogen-bond donors (Lipinski definition) is 2. The number of amides is 2. The number of ketones is 1. The fourth-order valence-corrected chi connectivity index (χ4v) is 2.45. The summed E-state index contributed by atoms with van der Waals surface area (Å²) in [5.74, 6) is -1.91. The van der Waals surface area contributed by atoms with Gasteiger partial charge in [-0.25, -0.2) is 9.78 Å². The molecule has 0 atom stereocenters. The van der Waals surface area contributed by atoms with E-state index in [-0.39, 0.29) is 46.7 Å². The van der Waals surface area contributed by atoms with Gasteiger partial charge in [-0.05, 0) is 32.9 Å². The summed E-state index contributed by atoms with van der Waals surface area (Å²) < 4.78 is 10.4. The number of pyridine rings is 1. The molecule has 2 amide bonds. The van der Waals surface area contributed by atoms with Gasteiger partial charge in [-0.3, -0.25) is 19.7 Å². The first-order chi connectivity index (χ1) is 12.7. The minimum Gasteiger partial charge on any atom is -0.462 e. The van der Waals surface area contributed by atoms with Crippen LogP contribution in [0.3, 0.4) is 0 Å². The molecule has 2 rings (SSSR count). The molecule has 0 bridgehead atoms. The zero-order chi connectivity index (χ0) is 20.1. The van der Waals surface area contributed by atoms with Crippen LogP contribution >= 0.6 is 0 Å². The highest BCUT2D eigenvalue weighted by Gasteiger charge is 2.29. The van der Waals surface area contributed by atoms with E-state index in [1.54, 1.807) is 6.92 Å². The van der Waals surface area contributed by atoms with Gasteiger partial charge in [0.15, 0.2) is 5.78 Å². The van der Waals surface area contributed by atoms with E-state index in [0.717, 1.165) is 0 Å². The van der Waals surface area contributed by atoms with Crippen molar-refractivity contribution in [3.63, 3.8) is 0 Å². The topological polar surface area (TPSA) is 128 Å². The highest BCUT2D eigenvalue weighted by molar-refractivity contribution is 6.12. The molecule has 9 heteroatoms. The molecule has 0 aromatic carbocycles. The van der Waals surface area contributed by atoms with Crippen molar-refractivity contribution in [1.82, 2.24) is 4.98 Å². The zero-order valence-corrected chi connectivity index (χ0v) is 15.3. The van der Waals surface area contributed by atoms with Gasteiger partial charge in [0.2, 0.25) is 11.8 Å². The van der Waals surface area contributed by atoms with Gasteiger partial charge in [0.1, 0.15) is 17.1 Å². The highest BCUT2D eigenvalue weighted by Crippen LogP contribution is 2.29. The molecule has 0 aliphatic heterocycles. The second-order valence-electron chi connectivity index (χ2n) is 5.58. The normalized spacial score (nSPS) is 10.2. The number of rotatable bonds is 6. The molecule has 9 nitrogen and oxygen atoms in total. The zero-order valence-electron chi connectivity index (χ0n) is 15.3. The van der Waals surface area contributed by atoms with Crippen LogP contribution in [0.15, 0.2) is 22.7 Å². The van der Waals surface area contributed by atoms with Gasteiger partial charge in [0, 0.05) is 18.7 Å². The van der Waals surface area contributed by atoms with E-state index in [1.807, 2.05) is 0 Å². The van der Waals surface area contributed by atoms with Crippen LogP contribution in [0, 0.1) is 6.92 Å². The molecule has 0 saturated heterocycles. The van der Waals surface area contributed by atoms with Crippen molar-refractivity contribution in [1.29, 1.82) is 0 Å². The molecule has 0 spiro atoms. The first-order valence-electron chi connectivity index (χ1n) is 8.11. The number of hydrogen-bond acceptors (Lipinski definition) is 7. The average Bonchev–Trinajstić information content (AvgIpc) is 2.90. The maximum Gasteiger partial charge on any atom is 0.344 e. The summed E-state index contributed by atoms with van der Waals surface area (Å²) >= 11 is 0. The summed E-state index contributed by atoms with van der Waals surface area (Å²) in [5.41, 5.74) is 0.0886. The standard InChI is InChI=1S/C18H19N3O6/c1-5-26-18(25)15-14(9(2)22)10(3)27-17(15)21-16(24)12-6-7-19-13(8-12)20-11(4)23/h6-8H,5H2,1-4H3,(H,21,24)(H,19,20,23). The average molecular weight is 373 g/mol. The van der Waals surface area contributed by atoms with Crippen LogP contribution < -0.4 is 10.6 Å². The van der Waals surface area contributed by atoms with Gasteiger partial charge in [0.05, 0.1) is 12.2 Å². The number of aromatic nitrogens is 1. The van der Waals surface area contributed by atoms with Crippen molar-refractivity contribution in [2.24, 2.45) is 0 Å². The monoisotopic (exact) mass is 373 g/mol. The van der Waals surface area contributed by atoms with E-state index in [9.17, 15) is 19.2 Å². The second kappa shape index (κ2) is 8.26. The predicted molar refractivity (Wildman–Crippen MR) is 95.9 cm³/mol. The molecule has 27 heavy (non-hydrogen) atoms. The Hall–Kier alpha value is -3.49. The first-order valence-corrected chi connectivity index (χ1v) is 8.11. The Morgan fingerprint density at radius 1 is 1.15 bits per heavy atom. The number of aryl methyl sites for hydroxylation is 1. The van der Waals surface area contributed by atoms with E-state index >= 15 is 0 Å². The Labute approximate surface area is 155 Å². The van der Waals surface area contributed by atoms with Gasteiger partial charge < -0.3 is 14.5 Å². The van der Waals surface area contributed by atoms with Gasteiger partial charge in [-0.15, -0.1) is 0 Å². The second-order valence-corrected chi connectivity index (χ2v) is 5.58. The number of ether oxygens (including phenoxy) is 1. The third-order valence-electron chi connectivity index (χ3n) is 3.47. The van der Waals surface area contributed by atoms with E-state index in [1.165, 1.54) is 39.1 Å². The molecule has 0 aliphatic carbocycles. The number of esters is 1. The summed E-state index contributed by atoms with van der Waals surface area (Å²) in [6.45, 7) is 5.83. The Balaban J connectivity index is 2.38. The lowest BCUT2D eigenvalue weighted by molar-refractivity contribution is -0.114. The molecule has 0 saturated carbocycles. The molecule has 0 unspecified atom stereocenters. The van der Waals surface area contributed by atoms with E-state index < -0.39 is 17.7 Å². The van der Waals surface area contributed by atoms with Crippen molar-refractivity contribution >= 4 is 35.3 Å². The van der Waals surface area contributed by atoms with Crippen molar-refractivity contribution in [2.45, 2.75) is 27.7 Å². The smallest absolute Gasteiger partial charge is 0.344 e. The van der Waals surface area contributed by atoms with Crippen LogP contribution in [0.2, 0.25) is 0 Å². The van der Waals surface area contributed by atoms with Gasteiger partial charge >= 0.3 is 5.97 Å². The van der Waals surface area contributed by atoms with Crippen LogP contribution in [-0.4, -0.2) is 35.2 Å². The van der Waals surface area contributed by atoms with E-state index in [0.29, 0.717) is 0 Å². The molecular formula is C18H19N3O6. The first kappa shape index (κ1) is 19.8. The Morgan fingerprint density at radius 3 is 2.44 bits per heavy atom. The Kier molecular flexibility index (Phi) is 6.07. The van der Waals surface area contributed by atoms with Crippen molar-refractivity contribution in [3.05, 3.63) is 40.8 Å². The summed E-state index contributed by atoms with van der Waals surface area (Å²) in [6, 6.07) is 2.79. The van der Waals surface area contributed by atoms with Crippen molar-refractivity contribution in [2.75, 3.05) is 17.2 Å². The number of carbonyl (C=O) groups is 4. The summed E-state index contributed by atoms with van der Waals surface area (Å²) in [5, 5.41) is 4.93. The molecule has 0 radical (unpaired) electrons. The van der Waals surface area contributed by atoms with Crippen LogP contribution in [0.5, 0.6) is 0 Å². The van der Waals surface area contributed by atoms with Crippen molar-refractivity contribution in [3.8, 4) is 0 Å². The minimum absolute atomic E-state index is 0.0532. The van der Waals surface area contributed by atoms with E-state index in [2.05, 4.69) is 15.6 Å². The van der Waals surface area contributed by atoms with Gasteiger partial charge in [-0.1, -0.05) is 0 Å². The summed E-state index contributed by atoms with van der Waals surface area (Å²) in [4.78, 5) is 51.7. The van der Waals surface area contributed by atoms with Crippen molar-refractivity contribution < 1.29 is 28.3 Å². The number of Topliss-reactive ketones (excluding diaryl/α,β-unsaturated/α-hetero) is 1. The van der Waals surface area contributed by atoms with Crippen LogP contribution in [0.25, 0.3) is 0 Å². The van der Waals surface area contributed by atoms with Gasteiger partial charge in [0.25, 0.3) is 5.91 Å². The van der Waals surface area contributed by atoms with E-state index in [4.69, 9.17) is 9.15 Å². The van der Waals surface area contributed by atoms with Crippen LogP contribution in [0.4, 0.5) is 11.7 Å². The Bertz CT molecular complexity index is 916. The molecule has 2 aromatic rings. The molecule has 2 heterocycles. The third kappa shape index (κ3) is 4.57. The lowest BCUT2D eigenvalue weighted by atomic mass is 10.1. The minimum atomic E-state index is -0.775. The molecule has 0 fully saturated rings. The summed E-state index contributed by atoms with van der Waals surface area (Å²) in [7, 11) is 0. The molecular weight excluding hydrogens is 354 g/mol. The quantitative estimate of drug-likeness (QED) is 0.588. The predicted octanol–water partition coefficient (Wildman–Crippen LogP) is 2.57. The number of anilines is 2. The molecule has 2 aromatic heterocycles. The van der Waals surface area contributed by atoms with Crippen LogP contribution in [-0.2, 0) is 9.53 Å². The highest BCUT2D eigenvalue weighted by atomic mass is 16.5. The third-order valence-corrected chi connectivity index (χ3v) is 3.47. The fourth-order valence-electron chi connectivity index (χ4n) is 2.45. The molecule has 2 N–H and O–H groups in total. The lowest BCUT2D eigenvalue weighted by Crippen LogP contribution is -2.17. The van der Waals surface area contributed by atoms with Gasteiger partial charge in [-0.2, -0.15) is 0 Å². The molecule has 0 aliphatic rings. The Morgan fingerprint density at radius 2 is 1.85 bits per heavy atom. The fraction of sp³-hybridized carbons (Fsp3) is 0.278. The maximum atomic E-state index is 12.5. The summed E-state index contributed by atoms with van der Waals surface area (Å²) in [6.07, 6.45) is 1.35. The lowest BCUT2D eigenvalue weighted by Gasteiger charge is -2.07.